The first-order valence-corrected chi connectivity index (χ1v) is 9.55. The molecule has 0 aromatic heterocycles. The fourth-order valence-corrected chi connectivity index (χ4v) is 3.13. The van der Waals surface area contributed by atoms with Gasteiger partial charge >= 0.3 is 0 Å². The predicted molar refractivity (Wildman–Crippen MR) is 107 cm³/mol. The quantitative estimate of drug-likeness (QED) is 0.423. The van der Waals surface area contributed by atoms with Crippen LogP contribution in [0.1, 0.15) is 18.4 Å². The highest BCUT2D eigenvalue weighted by molar-refractivity contribution is 8.00. The van der Waals surface area contributed by atoms with Gasteiger partial charge < -0.3 is 19.9 Å². The Bertz CT molecular complexity index is 697. The van der Waals surface area contributed by atoms with Crippen LogP contribution in [-0.2, 0) is 9.53 Å². The van der Waals surface area contributed by atoms with Gasteiger partial charge in [-0.3, -0.25) is 4.79 Å². The highest BCUT2D eigenvalue weighted by Gasteiger charge is 2.14. The van der Waals surface area contributed by atoms with Gasteiger partial charge in [0.1, 0.15) is 0 Å². The van der Waals surface area contributed by atoms with Crippen LogP contribution in [0.3, 0.4) is 0 Å². The van der Waals surface area contributed by atoms with Crippen molar-refractivity contribution in [2.75, 3.05) is 31.1 Å². The van der Waals surface area contributed by atoms with Crippen LogP contribution in [0.2, 0.25) is 5.02 Å². The molecular weight excluding hydrogens is 372 g/mol. The molecule has 7 heteroatoms. The highest BCUT2D eigenvalue weighted by atomic mass is 35.5. The van der Waals surface area contributed by atoms with E-state index < -0.39 is 0 Å². The van der Waals surface area contributed by atoms with Crippen LogP contribution in [0, 0.1) is 0 Å². The lowest BCUT2D eigenvalue weighted by Gasteiger charge is -2.14. The average Bonchev–Trinajstić information content (AvgIpc) is 2.67. The zero-order valence-corrected chi connectivity index (χ0v) is 16.1. The number of nitrogens with one attached hydrogen (secondary N) is 2. The van der Waals surface area contributed by atoms with E-state index in [1.54, 1.807) is 0 Å². The van der Waals surface area contributed by atoms with Gasteiger partial charge in [0.2, 0.25) is 5.91 Å². The topological polar surface area (TPSA) is 70.6 Å². The molecule has 5 nitrogen and oxygen atoms in total. The summed E-state index contributed by atoms with van der Waals surface area (Å²) >= 11 is 7.58. The Balaban J connectivity index is 1.82. The number of ether oxygens (including phenoxy) is 1. The van der Waals surface area contributed by atoms with Gasteiger partial charge in [-0.2, -0.15) is 0 Å². The minimum atomic E-state index is -0.252. The Labute approximate surface area is 163 Å². The summed E-state index contributed by atoms with van der Waals surface area (Å²) in [5.74, 6) is -0.304. The summed E-state index contributed by atoms with van der Waals surface area (Å²) in [6.07, 6.45) is 0. The van der Waals surface area contributed by atoms with E-state index in [4.69, 9.17) is 21.4 Å². The second-order valence-corrected chi connectivity index (χ2v) is 6.86. The molecule has 0 saturated carbocycles. The van der Waals surface area contributed by atoms with Crippen LogP contribution in [0.25, 0.3) is 0 Å². The number of aliphatic hydroxyl groups excluding tert-OH is 1. The third-order valence-corrected chi connectivity index (χ3v) is 5.06. The van der Waals surface area contributed by atoms with Crippen molar-refractivity contribution < 1.29 is 14.6 Å². The summed E-state index contributed by atoms with van der Waals surface area (Å²) in [7, 11) is 0. The molecule has 26 heavy (non-hydrogen) atoms. The molecule has 140 valence electrons. The molecule has 2 rings (SSSR count). The number of hydrogen-bond donors (Lipinski definition) is 3. The monoisotopic (exact) mass is 394 g/mol. The van der Waals surface area contributed by atoms with Crippen molar-refractivity contribution in [3.8, 4) is 0 Å². The molecule has 0 heterocycles. The summed E-state index contributed by atoms with van der Waals surface area (Å²) < 4.78 is 8.37. The first-order chi connectivity index (χ1) is 12.6. The Morgan fingerprint density at radius 1 is 1.19 bits per heavy atom. The van der Waals surface area contributed by atoms with Crippen molar-refractivity contribution in [1.29, 1.82) is 0 Å². The standard InChI is InChI=1S/C19H23ClN2O3S/c1-14(19(24)21-10-12-25-13-11-23)15-6-8-16(9-7-15)22-26-18-5-3-2-4-17(18)20/h2-9,14,22-23H,10-13H2,1H3,(H,21,24). The van der Waals surface area contributed by atoms with E-state index in [2.05, 4.69) is 10.0 Å². The summed E-state index contributed by atoms with van der Waals surface area (Å²) in [6, 6.07) is 15.4. The maximum Gasteiger partial charge on any atom is 0.227 e. The van der Waals surface area contributed by atoms with Crippen LogP contribution < -0.4 is 10.0 Å². The van der Waals surface area contributed by atoms with E-state index in [0.29, 0.717) is 18.2 Å². The lowest BCUT2D eigenvalue weighted by molar-refractivity contribution is -0.122. The van der Waals surface area contributed by atoms with E-state index in [1.807, 2.05) is 55.5 Å². The lowest BCUT2D eigenvalue weighted by Crippen LogP contribution is -2.31. The number of amides is 1. The molecule has 2 aromatic rings. The highest BCUT2D eigenvalue weighted by Crippen LogP contribution is 2.28. The van der Waals surface area contributed by atoms with Crippen LogP contribution in [0.4, 0.5) is 5.69 Å². The number of anilines is 1. The summed E-state index contributed by atoms with van der Waals surface area (Å²) in [4.78, 5) is 13.1. The van der Waals surface area contributed by atoms with Gasteiger partial charge in [0.15, 0.2) is 0 Å². The number of hydrogen-bond acceptors (Lipinski definition) is 5. The molecule has 0 bridgehead atoms. The molecule has 0 spiro atoms. The van der Waals surface area contributed by atoms with Crippen LogP contribution in [-0.4, -0.2) is 37.4 Å². The Hall–Kier alpha value is -1.73. The van der Waals surface area contributed by atoms with Crippen LogP contribution in [0.15, 0.2) is 53.4 Å². The molecular formula is C19H23ClN2O3S. The zero-order valence-electron chi connectivity index (χ0n) is 14.6. The first-order valence-electron chi connectivity index (χ1n) is 8.35. The second-order valence-electron chi connectivity index (χ2n) is 5.61. The number of rotatable bonds is 10. The second kappa shape index (κ2) is 11.1. The number of carbonyl (C=O) groups is 1. The Kier molecular flexibility index (Phi) is 8.77. The van der Waals surface area contributed by atoms with Crippen LogP contribution in [0.5, 0.6) is 0 Å². The smallest absolute Gasteiger partial charge is 0.227 e. The van der Waals surface area contributed by atoms with E-state index >= 15 is 0 Å². The maximum atomic E-state index is 12.2. The molecule has 1 unspecified atom stereocenters. The third-order valence-electron chi connectivity index (χ3n) is 3.70. The maximum absolute atomic E-state index is 12.2. The van der Waals surface area contributed by atoms with Gasteiger partial charge in [0, 0.05) is 17.1 Å². The van der Waals surface area contributed by atoms with Gasteiger partial charge in [-0.1, -0.05) is 35.9 Å². The van der Waals surface area contributed by atoms with Gasteiger partial charge in [-0.25, -0.2) is 0 Å². The molecule has 0 radical (unpaired) electrons. The molecule has 3 N–H and O–H groups in total. The third kappa shape index (κ3) is 6.53. The Morgan fingerprint density at radius 2 is 1.92 bits per heavy atom. The van der Waals surface area contributed by atoms with E-state index in [9.17, 15) is 4.79 Å². The number of aliphatic hydroxyl groups is 1. The molecule has 2 aromatic carbocycles. The molecule has 1 atom stereocenters. The molecule has 0 saturated heterocycles. The summed E-state index contributed by atoms with van der Waals surface area (Å²) in [5, 5.41) is 12.2. The van der Waals surface area contributed by atoms with Crippen molar-refractivity contribution in [3.05, 3.63) is 59.1 Å². The molecule has 1 amide bonds. The number of benzene rings is 2. The lowest BCUT2D eigenvalue weighted by atomic mass is 10.0. The normalized spacial score (nSPS) is 11.8. The predicted octanol–water partition coefficient (Wildman–Crippen LogP) is 3.69. The average molecular weight is 395 g/mol. The minimum Gasteiger partial charge on any atom is -0.394 e. The summed E-state index contributed by atoms with van der Waals surface area (Å²) in [6.45, 7) is 2.95. The molecule has 0 fully saturated rings. The van der Waals surface area contributed by atoms with E-state index in [0.717, 1.165) is 16.1 Å². The van der Waals surface area contributed by atoms with Crippen LogP contribution >= 0.6 is 23.5 Å². The van der Waals surface area contributed by atoms with Gasteiger partial charge in [-0.05, 0) is 48.7 Å². The largest absolute Gasteiger partial charge is 0.394 e. The van der Waals surface area contributed by atoms with Gasteiger partial charge in [0.25, 0.3) is 0 Å². The molecule has 0 aliphatic carbocycles. The fourth-order valence-electron chi connectivity index (χ4n) is 2.20. The van der Waals surface area contributed by atoms with Gasteiger partial charge in [0.05, 0.1) is 30.8 Å². The molecule has 0 aliphatic heterocycles. The zero-order chi connectivity index (χ0) is 18.8. The number of halogens is 1. The minimum absolute atomic E-state index is 0.0144. The first kappa shape index (κ1) is 20.6. The van der Waals surface area contributed by atoms with Crippen molar-refractivity contribution in [2.45, 2.75) is 17.7 Å². The van der Waals surface area contributed by atoms with Gasteiger partial charge in [-0.15, -0.1) is 0 Å². The van der Waals surface area contributed by atoms with Crippen molar-refractivity contribution in [2.24, 2.45) is 0 Å². The SMILES string of the molecule is CC(C(=O)NCCOCCO)c1ccc(NSc2ccccc2Cl)cc1. The summed E-state index contributed by atoms with van der Waals surface area (Å²) in [5.41, 5.74) is 1.87. The fraction of sp³-hybridized carbons (Fsp3) is 0.316. The van der Waals surface area contributed by atoms with Crippen molar-refractivity contribution in [1.82, 2.24) is 5.32 Å². The van der Waals surface area contributed by atoms with Crippen molar-refractivity contribution in [3.63, 3.8) is 0 Å². The van der Waals surface area contributed by atoms with E-state index in [1.165, 1.54) is 11.9 Å². The van der Waals surface area contributed by atoms with E-state index in [-0.39, 0.29) is 25.0 Å². The number of carbonyl (C=O) groups excluding carboxylic acids is 1. The van der Waals surface area contributed by atoms with Crippen molar-refractivity contribution >= 4 is 35.1 Å². The Morgan fingerprint density at radius 3 is 2.62 bits per heavy atom. The molecule has 0 aliphatic rings.